The molecular weight excluding hydrogens is 316 g/mol. The van der Waals surface area contributed by atoms with Gasteiger partial charge in [-0.15, -0.1) is 0 Å². The SMILES string of the molecule is CC(=NCCC1CCCO1)c1nc(-c2ccc(Cl)cc2)oc1O. The van der Waals surface area contributed by atoms with Gasteiger partial charge in [0.1, 0.15) is 0 Å². The number of ether oxygens (including phenoxy) is 1. The first-order valence-corrected chi connectivity index (χ1v) is 8.10. The summed E-state index contributed by atoms with van der Waals surface area (Å²) < 4.78 is 10.9. The van der Waals surface area contributed by atoms with Crippen molar-refractivity contribution in [1.29, 1.82) is 0 Å². The van der Waals surface area contributed by atoms with Gasteiger partial charge in [0.2, 0.25) is 5.89 Å². The molecule has 0 bridgehead atoms. The van der Waals surface area contributed by atoms with Gasteiger partial charge in [-0.2, -0.15) is 0 Å². The van der Waals surface area contributed by atoms with E-state index in [2.05, 4.69) is 9.98 Å². The zero-order chi connectivity index (χ0) is 16.2. The summed E-state index contributed by atoms with van der Waals surface area (Å²) in [5.74, 6) is 0.135. The molecule has 0 spiro atoms. The number of rotatable bonds is 5. The van der Waals surface area contributed by atoms with Crippen LogP contribution in [-0.4, -0.2) is 35.1 Å². The average molecular weight is 335 g/mol. The minimum atomic E-state index is -0.215. The standard InChI is InChI=1S/C17H19ClN2O3/c1-11(19-9-8-14-3-2-10-22-14)15-17(21)23-16(20-15)12-4-6-13(18)7-5-12/h4-7,14,21H,2-3,8-10H2,1H3. The Hall–Kier alpha value is -1.85. The van der Waals surface area contributed by atoms with Gasteiger partial charge < -0.3 is 14.3 Å². The van der Waals surface area contributed by atoms with Crippen molar-refractivity contribution in [2.75, 3.05) is 13.2 Å². The minimum Gasteiger partial charge on any atom is -0.479 e. The van der Waals surface area contributed by atoms with Crippen molar-refractivity contribution < 1.29 is 14.3 Å². The molecule has 5 nitrogen and oxygen atoms in total. The van der Waals surface area contributed by atoms with E-state index in [0.29, 0.717) is 35.0 Å². The van der Waals surface area contributed by atoms with Crippen molar-refractivity contribution >= 4 is 17.3 Å². The second-order valence-corrected chi connectivity index (χ2v) is 6.01. The predicted octanol–water partition coefficient (Wildman–Crippen LogP) is 4.08. The molecule has 0 amide bonds. The molecule has 0 aliphatic carbocycles. The summed E-state index contributed by atoms with van der Waals surface area (Å²) in [6.07, 6.45) is 3.42. The molecule has 23 heavy (non-hydrogen) atoms. The monoisotopic (exact) mass is 334 g/mol. The van der Waals surface area contributed by atoms with Gasteiger partial charge in [-0.05, 0) is 50.5 Å². The molecule has 2 aromatic rings. The van der Waals surface area contributed by atoms with Crippen LogP contribution < -0.4 is 0 Å². The topological polar surface area (TPSA) is 67.9 Å². The van der Waals surface area contributed by atoms with E-state index in [4.69, 9.17) is 20.8 Å². The van der Waals surface area contributed by atoms with E-state index in [1.165, 1.54) is 0 Å². The summed E-state index contributed by atoms with van der Waals surface area (Å²) in [5.41, 5.74) is 1.79. The van der Waals surface area contributed by atoms with E-state index in [1.807, 2.05) is 6.92 Å². The van der Waals surface area contributed by atoms with Crippen molar-refractivity contribution in [3.63, 3.8) is 0 Å². The molecule has 2 heterocycles. The van der Waals surface area contributed by atoms with E-state index in [9.17, 15) is 5.11 Å². The Labute approximate surface area is 140 Å². The molecule has 0 radical (unpaired) electrons. The smallest absolute Gasteiger partial charge is 0.312 e. The average Bonchev–Trinajstić information content (AvgIpc) is 3.17. The summed E-state index contributed by atoms with van der Waals surface area (Å²) in [6, 6.07) is 7.09. The maximum Gasteiger partial charge on any atom is 0.312 e. The van der Waals surface area contributed by atoms with E-state index in [1.54, 1.807) is 24.3 Å². The van der Waals surface area contributed by atoms with Crippen molar-refractivity contribution in [1.82, 2.24) is 4.98 Å². The molecule has 6 heteroatoms. The highest BCUT2D eigenvalue weighted by Gasteiger charge is 2.17. The molecule has 0 saturated carbocycles. The van der Waals surface area contributed by atoms with Crippen molar-refractivity contribution in [2.45, 2.75) is 32.3 Å². The second-order valence-electron chi connectivity index (χ2n) is 5.57. The zero-order valence-electron chi connectivity index (χ0n) is 13.0. The Morgan fingerprint density at radius 2 is 2.17 bits per heavy atom. The number of oxazole rings is 1. The maximum atomic E-state index is 9.97. The van der Waals surface area contributed by atoms with Crippen molar-refractivity contribution in [3.8, 4) is 17.4 Å². The van der Waals surface area contributed by atoms with Gasteiger partial charge in [-0.3, -0.25) is 4.99 Å². The summed E-state index contributed by atoms with van der Waals surface area (Å²) in [5, 5.41) is 10.6. The molecule has 122 valence electrons. The van der Waals surface area contributed by atoms with Crippen LogP contribution in [0.4, 0.5) is 0 Å². The number of hydrogen-bond acceptors (Lipinski definition) is 5. The third-order valence-corrected chi connectivity index (χ3v) is 4.12. The third kappa shape index (κ3) is 3.92. The number of halogens is 1. The van der Waals surface area contributed by atoms with Gasteiger partial charge in [0.25, 0.3) is 0 Å². The quantitative estimate of drug-likeness (QED) is 0.836. The van der Waals surface area contributed by atoms with Crippen LogP contribution in [0.5, 0.6) is 5.95 Å². The Bertz CT molecular complexity index is 688. The van der Waals surface area contributed by atoms with Crippen LogP contribution in [0.15, 0.2) is 33.7 Å². The Morgan fingerprint density at radius 3 is 2.87 bits per heavy atom. The normalized spacial score (nSPS) is 18.5. The number of aromatic nitrogens is 1. The molecule has 1 saturated heterocycles. The Balaban J connectivity index is 1.70. The van der Waals surface area contributed by atoms with Crippen molar-refractivity contribution in [2.24, 2.45) is 4.99 Å². The van der Waals surface area contributed by atoms with Crippen LogP contribution in [-0.2, 0) is 4.74 Å². The number of benzene rings is 1. The van der Waals surface area contributed by atoms with Gasteiger partial charge in [0, 0.05) is 23.7 Å². The molecule has 1 aliphatic heterocycles. The van der Waals surface area contributed by atoms with Gasteiger partial charge in [-0.1, -0.05) is 11.6 Å². The summed E-state index contributed by atoms with van der Waals surface area (Å²) >= 11 is 5.87. The van der Waals surface area contributed by atoms with Gasteiger partial charge >= 0.3 is 5.95 Å². The lowest BCUT2D eigenvalue weighted by Gasteiger charge is -2.06. The summed E-state index contributed by atoms with van der Waals surface area (Å²) in [7, 11) is 0. The number of aromatic hydroxyl groups is 1. The van der Waals surface area contributed by atoms with Gasteiger partial charge in [0.05, 0.1) is 11.8 Å². The number of hydrogen-bond donors (Lipinski definition) is 1. The molecule has 1 fully saturated rings. The molecule has 1 aromatic carbocycles. The zero-order valence-corrected chi connectivity index (χ0v) is 13.7. The first-order chi connectivity index (χ1) is 11.1. The van der Waals surface area contributed by atoms with Crippen LogP contribution in [0.3, 0.4) is 0 Å². The molecule has 1 atom stereocenters. The number of aliphatic imine (C=N–C) groups is 1. The largest absolute Gasteiger partial charge is 0.479 e. The predicted molar refractivity (Wildman–Crippen MR) is 89.3 cm³/mol. The van der Waals surface area contributed by atoms with Crippen LogP contribution in [0.2, 0.25) is 5.02 Å². The molecular formula is C17H19ClN2O3. The summed E-state index contributed by atoms with van der Waals surface area (Å²) in [6.45, 7) is 3.32. The highest BCUT2D eigenvalue weighted by molar-refractivity contribution is 6.30. The van der Waals surface area contributed by atoms with E-state index in [0.717, 1.165) is 31.4 Å². The fourth-order valence-electron chi connectivity index (χ4n) is 2.59. The maximum absolute atomic E-state index is 9.97. The molecule has 1 aromatic heterocycles. The van der Waals surface area contributed by atoms with Gasteiger partial charge in [-0.25, -0.2) is 4.98 Å². The highest BCUT2D eigenvalue weighted by Crippen LogP contribution is 2.27. The minimum absolute atomic E-state index is 0.215. The Morgan fingerprint density at radius 1 is 1.39 bits per heavy atom. The molecule has 1 aliphatic rings. The van der Waals surface area contributed by atoms with Gasteiger partial charge in [0.15, 0.2) is 5.69 Å². The van der Waals surface area contributed by atoms with Crippen molar-refractivity contribution in [3.05, 3.63) is 35.0 Å². The fraction of sp³-hybridized carbons (Fsp3) is 0.412. The third-order valence-electron chi connectivity index (χ3n) is 3.87. The number of nitrogens with zero attached hydrogens (tertiary/aromatic N) is 2. The second kappa shape index (κ2) is 7.15. The van der Waals surface area contributed by atoms with Crippen LogP contribution in [0.25, 0.3) is 11.5 Å². The fourth-order valence-corrected chi connectivity index (χ4v) is 2.71. The van der Waals surface area contributed by atoms with Crippen LogP contribution >= 0.6 is 11.6 Å². The summed E-state index contributed by atoms with van der Waals surface area (Å²) in [4.78, 5) is 8.81. The highest BCUT2D eigenvalue weighted by atomic mass is 35.5. The van der Waals surface area contributed by atoms with E-state index in [-0.39, 0.29) is 5.95 Å². The molecule has 1 N–H and O–H groups in total. The lowest BCUT2D eigenvalue weighted by molar-refractivity contribution is 0.106. The first-order valence-electron chi connectivity index (χ1n) is 7.72. The molecule has 3 rings (SSSR count). The van der Waals surface area contributed by atoms with Crippen LogP contribution in [0.1, 0.15) is 31.9 Å². The van der Waals surface area contributed by atoms with E-state index >= 15 is 0 Å². The molecule has 1 unspecified atom stereocenters. The van der Waals surface area contributed by atoms with E-state index < -0.39 is 0 Å². The lowest BCUT2D eigenvalue weighted by atomic mass is 10.2. The first kappa shape index (κ1) is 16.0. The lowest BCUT2D eigenvalue weighted by Crippen LogP contribution is -2.07. The van der Waals surface area contributed by atoms with Crippen LogP contribution in [0, 0.1) is 0 Å². The Kier molecular flexibility index (Phi) is 4.98.